The van der Waals surface area contributed by atoms with Crippen LogP contribution in [0.4, 0.5) is 4.79 Å². The zero-order chi connectivity index (χ0) is 27.2. The summed E-state index contributed by atoms with van der Waals surface area (Å²) in [5.74, 6) is -0.344. The molecule has 0 spiro atoms. The van der Waals surface area contributed by atoms with E-state index in [-0.39, 0.29) is 26.2 Å². The van der Waals surface area contributed by atoms with E-state index in [0.29, 0.717) is 22.8 Å². The number of rotatable bonds is 13. The van der Waals surface area contributed by atoms with E-state index in [1.165, 1.54) is 19.7 Å². The summed E-state index contributed by atoms with van der Waals surface area (Å²) in [6.45, 7) is 1.77. The zero-order valence-corrected chi connectivity index (χ0v) is 21.0. The van der Waals surface area contributed by atoms with Crippen LogP contribution in [0.15, 0.2) is 66.2 Å². The predicted molar refractivity (Wildman–Crippen MR) is 137 cm³/mol. The number of alkyl carbamates (subject to hydrolysis) is 1. The van der Waals surface area contributed by atoms with Crippen molar-refractivity contribution in [2.24, 2.45) is 5.10 Å². The highest BCUT2D eigenvalue weighted by Gasteiger charge is 2.22. The van der Waals surface area contributed by atoms with Gasteiger partial charge in [0.2, 0.25) is 0 Å². The number of benzene rings is 2. The van der Waals surface area contributed by atoms with Gasteiger partial charge in [0.05, 0.1) is 26.3 Å². The van der Waals surface area contributed by atoms with Gasteiger partial charge in [-0.15, -0.1) is 0 Å². The Balaban J connectivity index is 1.59. The van der Waals surface area contributed by atoms with Crippen molar-refractivity contribution in [1.82, 2.24) is 20.7 Å². The number of H-pyrrole nitrogens is 1. The number of amides is 2. The minimum Gasteiger partial charge on any atom is -0.493 e. The van der Waals surface area contributed by atoms with Crippen LogP contribution in [0, 0.1) is 0 Å². The number of imidazole rings is 1. The standard InChI is InChI=1S/C26H29N5O7/c1-3-36-24(32)16-37-22-10-9-19(11-23(22)35-2)13-29-31-25(33)21(12-20-14-27-17-28-20)30-26(34)38-15-18-7-5-4-6-8-18/h4-11,13-14,17,21H,3,12,15-16H2,1-2H3,(H,27,28)(H,30,34)(H,31,33)/b29-13-/t21-/m0/s1. The van der Waals surface area contributed by atoms with E-state index >= 15 is 0 Å². The number of nitrogens with zero attached hydrogens (tertiary/aromatic N) is 2. The summed E-state index contributed by atoms with van der Waals surface area (Å²) in [5.41, 5.74) is 4.46. The Morgan fingerprint density at radius 2 is 1.92 bits per heavy atom. The number of ether oxygens (including phenoxy) is 4. The van der Waals surface area contributed by atoms with Crippen molar-refractivity contribution >= 4 is 24.2 Å². The molecule has 0 aliphatic heterocycles. The maximum atomic E-state index is 12.8. The third kappa shape index (κ3) is 8.97. The van der Waals surface area contributed by atoms with Crippen molar-refractivity contribution < 1.29 is 33.3 Å². The van der Waals surface area contributed by atoms with Gasteiger partial charge in [-0.2, -0.15) is 5.10 Å². The summed E-state index contributed by atoms with van der Waals surface area (Å²) < 4.78 is 20.8. The van der Waals surface area contributed by atoms with Crippen molar-refractivity contribution in [1.29, 1.82) is 0 Å². The molecule has 3 rings (SSSR count). The van der Waals surface area contributed by atoms with Crippen LogP contribution in [0.5, 0.6) is 11.5 Å². The maximum Gasteiger partial charge on any atom is 0.408 e. The SMILES string of the molecule is CCOC(=O)COc1ccc(/C=N\NC(=O)[C@H](Cc2cnc[nH]2)NC(=O)OCc2ccccc2)cc1OC. The van der Waals surface area contributed by atoms with Crippen molar-refractivity contribution in [3.63, 3.8) is 0 Å². The molecule has 12 nitrogen and oxygen atoms in total. The Morgan fingerprint density at radius 3 is 2.63 bits per heavy atom. The zero-order valence-electron chi connectivity index (χ0n) is 21.0. The molecule has 1 aromatic heterocycles. The second-order valence-electron chi connectivity index (χ2n) is 7.78. The number of methoxy groups -OCH3 is 1. The van der Waals surface area contributed by atoms with E-state index < -0.39 is 24.0 Å². The van der Waals surface area contributed by atoms with E-state index in [9.17, 15) is 14.4 Å². The van der Waals surface area contributed by atoms with Gasteiger partial charge in [0.1, 0.15) is 12.6 Å². The molecule has 200 valence electrons. The molecule has 0 saturated carbocycles. The first-order valence-corrected chi connectivity index (χ1v) is 11.7. The number of esters is 1. The van der Waals surface area contributed by atoms with Gasteiger partial charge in [0.25, 0.3) is 5.91 Å². The van der Waals surface area contributed by atoms with Crippen molar-refractivity contribution in [3.8, 4) is 11.5 Å². The lowest BCUT2D eigenvalue weighted by Gasteiger charge is -2.16. The quantitative estimate of drug-likeness (QED) is 0.175. The second-order valence-corrected chi connectivity index (χ2v) is 7.78. The molecule has 2 amide bonds. The van der Waals surface area contributed by atoms with Gasteiger partial charge in [-0.25, -0.2) is 20.0 Å². The van der Waals surface area contributed by atoms with Crippen LogP contribution in [0.2, 0.25) is 0 Å². The number of aromatic amines is 1. The summed E-state index contributed by atoms with van der Waals surface area (Å²) in [5, 5.41) is 6.55. The molecular weight excluding hydrogens is 494 g/mol. The maximum absolute atomic E-state index is 12.8. The third-order valence-electron chi connectivity index (χ3n) is 5.03. The largest absolute Gasteiger partial charge is 0.493 e. The van der Waals surface area contributed by atoms with E-state index in [2.05, 4.69) is 25.8 Å². The molecule has 0 fully saturated rings. The van der Waals surface area contributed by atoms with Gasteiger partial charge in [0.15, 0.2) is 18.1 Å². The summed E-state index contributed by atoms with van der Waals surface area (Å²) in [6, 6.07) is 13.1. The van der Waals surface area contributed by atoms with Crippen LogP contribution in [-0.4, -0.2) is 60.5 Å². The number of nitrogens with one attached hydrogen (secondary N) is 3. The van der Waals surface area contributed by atoms with E-state index in [1.54, 1.807) is 31.3 Å². The Bertz CT molecular complexity index is 1220. The summed E-state index contributed by atoms with van der Waals surface area (Å²) in [6.07, 6.45) is 3.82. The molecule has 12 heteroatoms. The van der Waals surface area contributed by atoms with E-state index in [4.69, 9.17) is 18.9 Å². The number of hydrogen-bond donors (Lipinski definition) is 3. The van der Waals surface area contributed by atoms with Crippen LogP contribution in [-0.2, 0) is 32.1 Å². The van der Waals surface area contributed by atoms with Crippen molar-refractivity contribution in [2.45, 2.75) is 26.0 Å². The van der Waals surface area contributed by atoms with Crippen LogP contribution in [0.25, 0.3) is 0 Å². The molecule has 1 atom stereocenters. The summed E-state index contributed by atoms with van der Waals surface area (Å²) >= 11 is 0. The fraction of sp³-hybridized carbons (Fsp3) is 0.269. The Morgan fingerprint density at radius 1 is 1.11 bits per heavy atom. The highest BCUT2D eigenvalue weighted by atomic mass is 16.6. The summed E-state index contributed by atoms with van der Waals surface area (Å²) in [4.78, 5) is 43.6. The number of hydrogen-bond acceptors (Lipinski definition) is 9. The van der Waals surface area contributed by atoms with Gasteiger partial charge >= 0.3 is 12.1 Å². The molecule has 0 aliphatic rings. The highest BCUT2D eigenvalue weighted by molar-refractivity contribution is 5.87. The Kier molecular flexibility index (Phi) is 10.7. The van der Waals surface area contributed by atoms with Crippen molar-refractivity contribution in [2.75, 3.05) is 20.3 Å². The van der Waals surface area contributed by atoms with Gasteiger partial charge in [-0.3, -0.25) is 4.79 Å². The van der Waals surface area contributed by atoms with Crippen molar-refractivity contribution in [3.05, 3.63) is 77.9 Å². The van der Waals surface area contributed by atoms with Crippen LogP contribution in [0.1, 0.15) is 23.7 Å². The van der Waals surface area contributed by atoms with Crippen LogP contribution < -0.4 is 20.2 Å². The van der Waals surface area contributed by atoms with E-state index in [0.717, 1.165) is 5.56 Å². The average molecular weight is 524 g/mol. The van der Waals surface area contributed by atoms with E-state index in [1.807, 2.05) is 30.3 Å². The van der Waals surface area contributed by atoms with Gasteiger partial charge in [-0.05, 0) is 36.2 Å². The fourth-order valence-electron chi connectivity index (χ4n) is 3.20. The first-order chi connectivity index (χ1) is 18.5. The Labute approximate surface area is 219 Å². The molecule has 0 bridgehead atoms. The molecule has 0 saturated heterocycles. The minimum absolute atomic E-state index is 0.0601. The molecule has 38 heavy (non-hydrogen) atoms. The lowest BCUT2D eigenvalue weighted by atomic mass is 10.1. The first-order valence-electron chi connectivity index (χ1n) is 11.7. The average Bonchev–Trinajstić information content (AvgIpc) is 3.44. The molecule has 0 radical (unpaired) electrons. The third-order valence-corrected chi connectivity index (χ3v) is 5.03. The fourth-order valence-corrected chi connectivity index (χ4v) is 3.20. The number of aromatic nitrogens is 2. The molecule has 1 heterocycles. The lowest BCUT2D eigenvalue weighted by molar-refractivity contribution is -0.145. The normalized spacial score (nSPS) is 11.4. The molecule has 0 aliphatic carbocycles. The van der Waals surface area contributed by atoms with Gasteiger partial charge in [-0.1, -0.05) is 30.3 Å². The molecular formula is C26H29N5O7. The molecule has 0 unspecified atom stereocenters. The van der Waals surface area contributed by atoms with Crippen LogP contribution in [0.3, 0.4) is 0 Å². The van der Waals surface area contributed by atoms with Gasteiger partial charge in [0, 0.05) is 18.3 Å². The minimum atomic E-state index is -0.982. The molecule has 3 aromatic rings. The highest BCUT2D eigenvalue weighted by Crippen LogP contribution is 2.27. The number of carbonyl (C=O) groups excluding carboxylic acids is 3. The predicted octanol–water partition coefficient (Wildman–Crippen LogP) is 2.35. The number of hydrazone groups is 1. The topological polar surface area (TPSA) is 153 Å². The molecule has 3 N–H and O–H groups in total. The smallest absolute Gasteiger partial charge is 0.408 e. The summed E-state index contributed by atoms with van der Waals surface area (Å²) in [7, 11) is 1.46. The lowest BCUT2D eigenvalue weighted by Crippen LogP contribution is -2.47. The van der Waals surface area contributed by atoms with Crippen LogP contribution >= 0.6 is 0 Å². The molecule has 2 aromatic carbocycles. The number of carbonyl (C=O) groups is 3. The first kappa shape index (κ1) is 27.7. The van der Waals surface area contributed by atoms with Gasteiger partial charge < -0.3 is 29.2 Å². The Hall–Kier alpha value is -4.87. The monoisotopic (exact) mass is 523 g/mol. The second kappa shape index (κ2) is 14.6.